The van der Waals surface area contributed by atoms with Crippen molar-refractivity contribution in [3.8, 4) is 6.07 Å². The number of carbonyl (C=O) groups excluding carboxylic acids is 6. The van der Waals surface area contributed by atoms with Crippen LogP contribution in [0.5, 0.6) is 0 Å². The average Bonchev–Trinajstić information content (AvgIpc) is 1.63. The van der Waals surface area contributed by atoms with Gasteiger partial charge in [0, 0.05) is 118 Å². The minimum absolute atomic E-state index is 0. The third kappa shape index (κ3) is 33.8. The topological polar surface area (TPSA) is 267 Å². The number of likely N-dealkylation sites (tertiary alicyclic amines) is 2. The van der Waals surface area contributed by atoms with Gasteiger partial charge in [0.15, 0.2) is 21.5 Å². The van der Waals surface area contributed by atoms with Crippen LogP contribution in [0.1, 0.15) is 177 Å². The van der Waals surface area contributed by atoms with E-state index in [4.69, 9.17) is 42.2 Å². The van der Waals surface area contributed by atoms with Crippen molar-refractivity contribution >= 4 is 116 Å². The Morgan fingerprint density at radius 2 is 1.08 bits per heavy atom. The molecule has 4 aliphatic rings. The number of alkyl halides is 5. The quantitative estimate of drug-likeness (QED) is 0.0475. The van der Waals surface area contributed by atoms with Gasteiger partial charge in [0.05, 0.1) is 11.2 Å². The van der Waals surface area contributed by atoms with E-state index < -0.39 is 28.0 Å². The maximum Gasteiger partial charge on any atom is 0.489 e. The van der Waals surface area contributed by atoms with Crippen LogP contribution in [0.25, 0.3) is 16.0 Å². The van der Waals surface area contributed by atoms with E-state index in [1.54, 1.807) is 34.5 Å². The third-order valence-electron chi connectivity index (χ3n) is 16.2. The van der Waals surface area contributed by atoms with Crippen LogP contribution in [0.4, 0.5) is 34.4 Å². The summed E-state index contributed by atoms with van der Waals surface area (Å²) in [5.41, 5.74) is 6.03. The molecule has 576 valence electrons. The molecule has 3 atom stereocenters. The Morgan fingerprint density at radius 3 is 1.38 bits per heavy atom. The van der Waals surface area contributed by atoms with Gasteiger partial charge in [-0.05, 0) is 224 Å². The lowest BCUT2D eigenvalue weighted by atomic mass is 9.81. The number of pyridine rings is 3. The fraction of sp³-hybridized carbons (Fsp3) is 0.513. The molecule has 0 aliphatic carbocycles. The number of anilines is 1. The zero-order valence-electron chi connectivity index (χ0n) is 61.2. The number of Topliss-reactive ketones (excluding diaryl/α,β-unsaturated/α-hetero) is 4. The maximum atomic E-state index is 12.4. The van der Waals surface area contributed by atoms with Crippen molar-refractivity contribution in [3.63, 3.8) is 0 Å². The lowest BCUT2D eigenvalue weighted by Gasteiger charge is -2.32. The van der Waals surface area contributed by atoms with E-state index >= 15 is 0 Å². The Kier molecular flexibility index (Phi) is 38.2. The SMILES string of the molecule is C.C.C=C(C)B1OC(C)(C)C(C)(C)O1.C=C(C)c1ccc(CC(=O)C[C@H]2CCN(C(=O)OC(C)(C)C)C2)nc1.C=C(C)c1ccc(CC(=O)C[C@H]2CCN(c3ccc(C#N)nn3)C2)nc1.CC(C)(C)OC(=O)N1CC[C@H](CC(=O)Cc2ccc(Br)cn2)C1.O=C(C(Cl)Cl)C(F)(F)F.[C-]#[N+]c1ccc(Cl)nn1. The molecule has 30 heteroatoms. The highest BCUT2D eigenvalue weighted by Gasteiger charge is 2.51. The highest BCUT2D eigenvalue weighted by atomic mass is 79.9. The maximum absolute atomic E-state index is 12.4. The van der Waals surface area contributed by atoms with Crippen LogP contribution in [0, 0.1) is 35.7 Å². The van der Waals surface area contributed by atoms with Gasteiger partial charge in [-0.2, -0.15) is 18.4 Å². The normalized spacial score (nSPS) is 16.7. The summed E-state index contributed by atoms with van der Waals surface area (Å²) in [6, 6.07) is 19.9. The van der Waals surface area contributed by atoms with Gasteiger partial charge in [-0.1, -0.05) is 87.0 Å². The molecule has 0 saturated carbocycles. The van der Waals surface area contributed by atoms with Gasteiger partial charge < -0.3 is 38.3 Å². The lowest BCUT2D eigenvalue weighted by molar-refractivity contribution is -0.169. The summed E-state index contributed by atoms with van der Waals surface area (Å²) in [7, 11) is -0.241. The first-order valence-electron chi connectivity index (χ1n) is 33.4. The molecule has 4 aliphatic heterocycles. The second-order valence-electron chi connectivity index (χ2n) is 28.4. The largest absolute Gasteiger partial charge is 0.489 e. The van der Waals surface area contributed by atoms with E-state index in [1.165, 1.54) is 12.1 Å². The van der Waals surface area contributed by atoms with E-state index in [0.29, 0.717) is 81.5 Å². The van der Waals surface area contributed by atoms with Crippen LogP contribution in [0.2, 0.25) is 5.15 Å². The summed E-state index contributed by atoms with van der Waals surface area (Å²) in [4.78, 5) is 90.2. The number of aromatic nitrogens is 7. The van der Waals surface area contributed by atoms with Crippen LogP contribution < -0.4 is 4.90 Å². The molecule has 0 unspecified atom stereocenters. The summed E-state index contributed by atoms with van der Waals surface area (Å²) in [5.74, 6) is 0.150. The molecule has 22 nitrogen and oxygen atoms in total. The predicted octanol–water partition coefficient (Wildman–Crippen LogP) is 17.3. The lowest BCUT2D eigenvalue weighted by Crippen LogP contribution is -2.41. The third-order valence-corrected chi connectivity index (χ3v) is 17.3. The first kappa shape index (κ1) is 94.0. The number of halogens is 7. The Labute approximate surface area is 646 Å². The van der Waals surface area contributed by atoms with E-state index in [0.717, 1.165) is 87.5 Å². The number of nitriles is 1. The standard InChI is InChI=1S/C20H21N5O.C20H28N2O3.C17H23BrN2O3.C9H17BO2.C5H2ClN3.C3HCl2F3O.2CH4/c1-14(2)16-3-4-17(22-12-16)10-19(26)9-15-7-8-25(13-15)20-6-5-18(11-21)23-24-20;1-14(2)16-6-7-17(21-12-16)11-18(23)10-15-8-9-22(13-15)19(24)25-20(3,4)5;1-17(2,3)23-16(22)20-7-6-12(11-20)8-15(21)9-14-5-4-13(18)10-19-14;1-7(2)10-11-8(3,4)9(5,6)12-10;1-7-5-3-2-4(6)8-9-5;4-2(5)1(9)3(6,7)8;;/h3-6,12,15H,1,7-10,13H2,2H3;6-7,12,15H,1,8-11,13H2,2-5H3;4-5,10,12H,6-9,11H2,1-3H3;1H2,2-6H3;2-3H;2H;2*1H4/t2*15-;12-;;;;;/m111...../s1. The molecule has 4 saturated heterocycles. The number of ketones is 4. The van der Waals surface area contributed by atoms with Crippen LogP contribution in [-0.4, -0.2) is 160 Å². The summed E-state index contributed by atoms with van der Waals surface area (Å²) in [6.07, 6.45) is 4.90. The van der Waals surface area contributed by atoms with Crippen LogP contribution in [0.3, 0.4) is 0 Å². The van der Waals surface area contributed by atoms with Crippen molar-refractivity contribution in [3.05, 3.63) is 159 Å². The second kappa shape index (κ2) is 43.1. The van der Waals surface area contributed by atoms with Gasteiger partial charge >= 0.3 is 25.5 Å². The molecule has 0 N–H and O–H groups in total. The summed E-state index contributed by atoms with van der Waals surface area (Å²) in [6.45, 7) is 47.3. The van der Waals surface area contributed by atoms with Crippen molar-refractivity contribution < 1.29 is 60.7 Å². The summed E-state index contributed by atoms with van der Waals surface area (Å²) in [5, 5.41) is 24.0. The van der Waals surface area contributed by atoms with Crippen LogP contribution in [0.15, 0.2) is 109 Å². The zero-order valence-corrected chi connectivity index (χ0v) is 65.1. The number of rotatable bonds is 17. The second-order valence-corrected chi connectivity index (χ2v) is 30.8. The van der Waals surface area contributed by atoms with Crippen molar-refractivity contribution in [2.24, 2.45) is 17.8 Å². The molecule has 0 radical (unpaired) electrons. The smallest absolute Gasteiger partial charge is 0.444 e. The highest BCUT2D eigenvalue weighted by molar-refractivity contribution is 9.10. The minimum atomic E-state index is -4.92. The molecule has 106 heavy (non-hydrogen) atoms. The Hall–Kier alpha value is -8.05. The summed E-state index contributed by atoms with van der Waals surface area (Å²) >= 11 is 17.9. The van der Waals surface area contributed by atoms with Gasteiger partial charge in [0.25, 0.3) is 11.6 Å². The summed E-state index contributed by atoms with van der Waals surface area (Å²) < 4.78 is 56.6. The van der Waals surface area contributed by atoms with E-state index in [2.05, 4.69) is 104 Å². The molecular weight excluding hydrogens is 1490 g/mol. The van der Waals surface area contributed by atoms with Crippen molar-refractivity contribution in [1.82, 2.24) is 45.1 Å². The first-order chi connectivity index (χ1) is 48.4. The molecule has 0 spiro atoms. The Morgan fingerprint density at radius 1 is 0.651 bits per heavy atom. The molecule has 0 bridgehead atoms. The Bertz CT molecular complexity index is 3820. The van der Waals surface area contributed by atoms with Crippen LogP contribution >= 0.6 is 50.7 Å². The number of nitrogens with zero attached hydrogens (tertiary/aromatic N) is 12. The molecule has 2 amide bonds. The Balaban J connectivity index is 0.000000450. The van der Waals surface area contributed by atoms with Gasteiger partial charge in [-0.15, -0.1) is 16.8 Å². The van der Waals surface area contributed by atoms with Gasteiger partial charge in [-0.25, -0.2) is 9.59 Å². The molecule has 9 rings (SSSR count). The minimum Gasteiger partial charge on any atom is -0.444 e. The highest BCUT2D eigenvalue weighted by Crippen LogP contribution is 2.38. The number of amides is 2. The molecule has 5 aromatic rings. The number of hydrogen-bond acceptors (Lipinski definition) is 19. The van der Waals surface area contributed by atoms with Gasteiger partial charge in [0.1, 0.15) is 34.6 Å². The number of hydrogen-bond donors (Lipinski definition) is 0. The number of carbonyl (C=O) groups is 6. The van der Waals surface area contributed by atoms with E-state index in [-0.39, 0.29) is 80.4 Å². The average molecular weight is 1600 g/mol. The predicted molar refractivity (Wildman–Crippen MR) is 413 cm³/mol. The van der Waals surface area contributed by atoms with Crippen LogP contribution in [-0.2, 0) is 57.2 Å². The van der Waals surface area contributed by atoms with Crippen molar-refractivity contribution in [2.45, 2.75) is 196 Å². The van der Waals surface area contributed by atoms with E-state index in [9.17, 15) is 41.9 Å². The molecular formula is C76H100BBrCl3F3N12O10. The monoisotopic (exact) mass is 1590 g/mol. The molecule has 5 aromatic heterocycles. The van der Waals surface area contributed by atoms with Crippen molar-refractivity contribution in [2.75, 3.05) is 44.2 Å². The van der Waals surface area contributed by atoms with E-state index in [1.807, 2.05) is 139 Å². The molecule has 4 fully saturated rings. The fourth-order valence-corrected chi connectivity index (χ4v) is 10.7. The molecule has 0 aromatic carbocycles. The van der Waals surface area contributed by atoms with Gasteiger partial charge in [-0.3, -0.25) is 34.1 Å². The zero-order chi connectivity index (χ0) is 78.1. The fourth-order valence-electron chi connectivity index (χ4n) is 10.1. The molecule has 9 heterocycles. The van der Waals surface area contributed by atoms with Crippen molar-refractivity contribution in [1.29, 1.82) is 5.26 Å². The number of ether oxygens (including phenoxy) is 2. The number of allylic oxidation sites excluding steroid dienone is 3. The first-order valence-corrected chi connectivity index (χ1v) is 35.5. The van der Waals surface area contributed by atoms with Gasteiger partial charge in [0.2, 0.25) is 0 Å².